The van der Waals surface area contributed by atoms with Gasteiger partial charge in [-0.25, -0.2) is 0 Å². The van der Waals surface area contributed by atoms with Gasteiger partial charge in [-0.3, -0.25) is 4.90 Å². The molecule has 0 aromatic heterocycles. The van der Waals surface area contributed by atoms with Gasteiger partial charge in [0, 0.05) is 36.7 Å². The number of nitrogens with one attached hydrogen (secondary N) is 1. The summed E-state index contributed by atoms with van der Waals surface area (Å²) in [6.45, 7) is 7.59. The average Bonchev–Trinajstić information content (AvgIpc) is 2.27. The van der Waals surface area contributed by atoms with Crippen molar-refractivity contribution in [3.05, 3.63) is 34.9 Å². The summed E-state index contributed by atoms with van der Waals surface area (Å²) in [5.74, 6) is 0. The maximum atomic E-state index is 6.19. The maximum absolute atomic E-state index is 6.19. The van der Waals surface area contributed by atoms with Crippen LogP contribution in [0.5, 0.6) is 0 Å². The van der Waals surface area contributed by atoms with E-state index in [1.807, 2.05) is 12.1 Å². The fourth-order valence-electron chi connectivity index (χ4n) is 2.16. The lowest BCUT2D eigenvalue weighted by atomic mass is 10.1. The Labute approximate surface area is 103 Å². The largest absolute Gasteiger partial charge is 0.311 e. The third kappa shape index (κ3) is 2.76. The summed E-state index contributed by atoms with van der Waals surface area (Å²) in [7, 11) is 0. The Bertz CT molecular complexity index is 354. The molecule has 1 heterocycles. The van der Waals surface area contributed by atoms with Crippen LogP contribution >= 0.6 is 11.6 Å². The van der Waals surface area contributed by atoms with Gasteiger partial charge in [0.15, 0.2) is 0 Å². The summed E-state index contributed by atoms with van der Waals surface area (Å²) in [6, 6.07) is 9.26. The summed E-state index contributed by atoms with van der Waals surface area (Å²) in [5.41, 5.74) is 1.23. The highest BCUT2D eigenvalue weighted by molar-refractivity contribution is 6.31. The third-order valence-corrected chi connectivity index (χ3v) is 3.59. The van der Waals surface area contributed by atoms with Crippen molar-refractivity contribution in [3.8, 4) is 0 Å². The zero-order chi connectivity index (χ0) is 11.5. The van der Waals surface area contributed by atoms with Crippen molar-refractivity contribution in [2.75, 3.05) is 13.1 Å². The summed E-state index contributed by atoms with van der Waals surface area (Å²) in [6.07, 6.45) is 0. The van der Waals surface area contributed by atoms with E-state index in [9.17, 15) is 0 Å². The van der Waals surface area contributed by atoms with Crippen LogP contribution in [0.1, 0.15) is 19.4 Å². The van der Waals surface area contributed by atoms with Crippen molar-refractivity contribution in [1.29, 1.82) is 0 Å². The van der Waals surface area contributed by atoms with Crippen molar-refractivity contribution < 1.29 is 0 Å². The maximum Gasteiger partial charge on any atom is 0.0451 e. The zero-order valence-corrected chi connectivity index (χ0v) is 10.7. The quantitative estimate of drug-likeness (QED) is 0.852. The molecule has 1 fully saturated rings. The van der Waals surface area contributed by atoms with Crippen molar-refractivity contribution in [3.63, 3.8) is 0 Å². The Balaban J connectivity index is 2.06. The number of hydrogen-bond donors (Lipinski definition) is 1. The van der Waals surface area contributed by atoms with E-state index >= 15 is 0 Å². The van der Waals surface area contributed by atoms with E-state index in [1.54, 1.807) is 0 Å². The monoisotopic (exact) mass is 238 g/mol. The second-order valence-corrected chi connectivity index (χ2v) is 5.09. The lowest BCUT2D eigenvalue weighted by Gasteiger charge is -2.37. The Morgan fingerprint density at radius 2 is 2.12 bits per heavy atom. The van der Waals surface area contributed by atoms with Crippen LogP contribution in [0.25, 0.3) is 0 Å². The van der Waals surface area contributed by atoms with Gasteiger partial charge in [-0.2, -0.15) is 0 Å². The van der Waals surface area contributed by atoms with Crippen LogP contribution in [0.2, 0.25) is 5.02 Å². The van der Waals surface area contributed by atoms with Crippen LogP contribution in [0.15, 0.2) is 24.3 Å². The summed E-state index contributed by atoms with van der Waals surface area (Å²) in [5, 5.41) is 4.36. The number of piperazine rings is 1. The van der Waals surface area contributed by atoms with Crippen LogP contribution < -0.4 is 5.32 Å². The highest BCUT2D eigenvalue weighted by Gasteiger charge is 2.22. The smallest absolute Gasteiger partial charge is 0.0451 e. The van der Waals surface area contributed by atoms with Gasteiger partial charge >= 0.3 is 0 Å². The lowest BCUT2D eigenvalue weighted by molar-refractivity contribution is 0.139. The van der Waals surface area contributed by atoms with Gasteiger partial charge < -0.3 is 5.32 Å². The Morgan fingerprint density at radius 3 is 2.88 bits per heavy atom. The molecule has 1 aromatic carbocycles. The molecule has 0 bridgehead atoms. The number of halogens is 1. The van der Waals surface area contributed by atoms with Gasteiger partial charge in [0.2, 0.25) is 0 Å². The molecule has 0 spiro atoms. The molecule has 1 aliphatic rings. The van der Waals surface area contributed by atoms with Crippen LogP contribution in [0.4, 0.5) is 0 Å². The van der Waals surface area contributed by atoms with Gasteiger partial charge in [-0.1, -0.05) is 29.8 Å². The normalized spacial score (nSPS) is 26.9. The van der Waals surface area contributed by atoms with Crippen molar-refractivity contribution >= 4 is 11.6 Å². The van der Waals surface area contributed by atoms with E-state index in [1.165, 1.54) is 5.56 Å². The summed E-state index contributed by atoms with van der Waals surface area (Å²) >= 11 is 6.19. The molecular weight excluding hydrogens is 220 g/mol. The zero-order valence-electron chi connectivity index (χ0n) is 9.91. The molecule has 0 saturated carbocycles. The summed E-state index contributed by atoms with van der Waals surface area (Å²) in [4.78, 5) is 2.49. The molecule has 1 aliphatic heterocycles. The number of benzene rings is 1. The predicted octanol–water partition coefficient (Wildman–Crippen LogP) is 2.52. The standard InChI is InChI=1S/C13H19ClN2/c1-10-8-16(11(2)7-15-10)9-12-5-3-4-6-13(12)14/h3-6,10-11,15H,7-9H2,1-2H3/t10-,11+/m1/s1. The first-order chi connectivity index (χ1) is 7.66. The van der Waals surface area contributed by atoms with Gasteiger partial charge in [0.1, 0.15) is 0 Å². The highest BCUT2D eigenvalue weighted by Crippen LogP contribution is 2.19. The molecule has 2 nitrogen and oxygen atoms in total. The predicted molar refractivity (Wildman–Crippen MR) is 68.8 cm³/mol. The van der Waals surface area contributed by atoms with Crippen LogP contribution in [0.3, 0.4) is 0 Å². The first-order valence-corrected chi connectivity index (χ1v) is 6.25. The molecule has 0 aliphatic carbocycles. The van der Waals surface area contributed by atoms with Gasteiger partial charge in [0.25, 0.3) is 0 Å². The minimum atomic E-state index is 0.568. The van der Waals surface area contributed by atoms with Crippen molar-refractivity contribution in [2.45, 2.75) is 32.5 Å². The molecule has 16 heavy (non-hydrogen) atoms. The molecule has 0 radical (unpaired) electrons. The van der Waals surface area contributed by atoms with E-state index in [2.05, 4.69) is 36.2 Å². The molecule has 1 saturated heterocycles. The van der Waals surface area contributed by atoms with E-state index < -0.39 is 0 Å². The first kappa shape index (κ1) is 11.9. The minimum absolute atomic E-state index is 0.568. The number of nitrogens with zero attached hydrogens (tertiary/aromatic N) is 1. The minimum Gasteiger partial charge on any atom is -0.311 e. The van der Waals surface area contributed by atoms with Crippen LogP contribution in [-0.2, 0) is 6.54 Å². The van der Waals surface area contributed by atoms with E-state index in [0.29, 0.717) is 12.1 Å². The van der Waals surface area contributed by atoms with Gasteiger partial charge in [-0.15, -0.1) is 0 Å². The molecule has 2 atom stereocenters. The molecule has 2 rings (SSSR count). The molecule has 1 N–H and O–H groups in total. The first-order valence-electron chi connectivity index (χ1n) is 5.87. The summed E-state index contributed by atoms with van der Waals surface area (Å²) < 4.78 is 0. The second kappa shape index (κ2) is 5.17. The van der Waals surface area contributed by atoms with Crippen molar-refractivity contribution in [2.24, 2.45) is 0 Å². The Kier molecular flexibility index (Phi) is 3.85. The SMILES string of the molecule is C[C@@H]1CN(Cc2ccccc2Cl)[C@@H](C)CN1. The fraction of sp³-hybridized carbons (Fsp3) is 0.538. The average molecular weight is 239 g/mol. The second-order valence-electron chi connectivity index (χ2n) is 4.68. The fourth-order valence-corrected chi connectivity index (χ4v) is 2.36. The molecule has 0 unspecified atom stereocenters. The van der Waals surface area contributed by atoms with Crippen LogP contribution in [-0.4, -0.2) is 30.1 Å². The molecule has 3 heteroatoms. The topological polar surface area (TPSA) is 15.3 Å². The molecular formula is C13H19ClN2. The third-order valence-electron chi connectivity index (χ3n) is 3.22. The van der Waals surface area contributed by atoms with Crippen LogP contribution in [0, 0.1) is 0 Å². The lowest BCUT2D eigenvalue weighted by Crippen LogP contribution is -2.53. The highest BCUT2D eigenvalue weighted by atomic mass is 35.5. The van der Waals surface area contributed by atoms with E-state index in [0.717, 1.165) is 24.7 Å². The molecule has 1 aromatic rings. The number of rotatable bonds is 2. The van der Waals surface area contributed by atoms with Gasteiger partial charge in [0.05, 0.1) is 0 Å². The Morgan fingerprint density at radius 1 is 1.38 bits per heavy atom. The van der Waals surface area contributed by atoms with Crippen molar-refractivity contribution in [1.82, 2.24) is 10.2 Å². The molecule has 0 amide bonds. The van der Waals surface area contributed by atoms with E-state index in [-0.39, 0.29) is 0 Å². The van der Waals surface area contributed by atoms with Gasteiger partial charge in [-0.05, 0) is 25.5 Å². The molecule has 88 valence electrons. The van der Waals surface area contributed by atoms with E-state index in [4.69, 9.17) is 11.6 Å². The number of hydrogen-bond acceptors (Lipinski definition) is 2. The Hall–Kier alpha value is -0.570.